The molecule has 1 aromatic carbocycles. The van der Waals surface area contributed by atoms with Gasteiger partial charge >= 0.3 is 0 Å². The molecule has 0 radical (unpaired) electrons. The second kappa shape index (κ2) is 7.85. The summed E-state index contributed by atoms with van der Waals surface area (Å²) in [6, 6.07) is 4.32. The fourth-order valence-corrected chi connectivity index (χ4v) is 1.80. The van der Waals surface area contributed by atoms with E-state index in [9.17, 15) is 14.3 Å². The van der Waals surface area contributed by atoms with Crippen LogP contribution in [-0.4, -0.2) is 23.7 Å². The molecule has 0 bridgehead atoms. The molecule has 0 saturated carbocycles. The summed E-state index contributed by atoms with van der Waals surface area (Å²) >= 11 is 0. The fourth-order valence-electron chi connectivity index (χ4n) is 1.80. The van der Waals surface area contributed by atoms with E-state index in [2.05, 4.69) is 5.32 Å². The minimum Gasteiger partial charge on any atom is -0.481 e. The maximum absolute atomic E-state index is 13.7. The monoisotopic (exact) mass is 283 g/mol. The number of carbonyl (C=O) groups excluding carboxylic acids is 1. The lowest BCUT2D eigenvalue weighted by Crippen LogP contribution is -2.37. The Hall–Kier alpha value is -1.62. The van der Waals surface area contributed by atoms with Gasteiger partial charge in [0.15, 0.2) is 18.2 Å². The average Bonchev–Trinajstić information content (AvgIpc) is 2.43. The second-order valence-corrected chi connectivity index (χ2v) is 4.74. The molecule has 1 atom stereocenters. The Morgan fingerprint density at radius 1 is 1.40 bits per heavy atom. The van der Waals surface area contributed by atoms with Crippen LogP contribution in [0.25, 0.3) is 0 Å². The van der Waals surface area contributed by atoms with Gasteiger partial charge in [-0.15, -0.1) is 0 Å². The maximum atomic E-state index is 13.7. The molecule has 0 saturated heterocycles. The Balaban J connectivity index is 2.55. The Labute approximate surface area is 119 Å². The lowest BCUT2D eigenvalue weighted by atomic mass is 10.1. The number of hydrogen-bond acceptors (Lipinski definition) is 3. The molecule has 0 unspecified atom stereocenters. The van der Waals surface area contributed by atoms with Crippen molar-refractivity contribution in [2.24, 2.45) is 0 Å². The molecule has 5 heteroatoms. The first-order chi connectivity index (χ1) is 9.47. The van der Waals surface area contributed by atoms with Gasteiger partial charge in [0, 0.05) is 6.04 Å². The highest BCUT2D eigenvalue weighted by atomic mass is 19.1. The van der Waals surface area contributed by atoms with E-state index in [0.29, 0.717) is 5.56 Å². The van der Waals surface area contributed by atoms with Crippen molar-refractivity contribution in [1.82, 2.24) is 5.32 Å². The van der Waals surface area contributed by atoms with Crippen LogP contribution >= 0.6 is 0 Å². The molecular formula is C15H22FNO3. The first kappa shape index (κ1) is 16.4. The molecule has 0 aliphatic rings. The number of aliphatic hydroxyl groups excluding tert-OH is 1. The Kier molecular flexibility index (Phi) is 6.45. The van der Waals surface area contributed by atoms with Gasteiger partial charge in [-0.2, -0.15) is 0 Å². The molecule has 0 heterocycles. The van der Waals surface area contributed by atoms with Crippen LogP contribution in [0.2, 0.25) is 0 Å². The number of ether oxygens (including phenoxy) is 1. The van der Waals surface area contributed by atoms with E-state index in [1.54, 1.807) is 13.0 Å². The Bertz CT molecular complexity index is 445. The van der Waals surface area contributed by atoms with Gasteiger partial charge < -0.3 is 15.2 Å². The van der Waals surface area contributed by atoms with Gasteiger partial charge in [-0.1, -0.05) is 19.9 Å². The van der Waals surface area contributed by atoms with Crippen LogP contribution < -0.4 is 10.1 Å². The Morgan fingerprint density at radius 3 is 2.55 bits per heavy atom. The molecule has 1 aromatic rings. The van der Waals surface area contributed by atoms with E-state index >= 15 is 0 Å². The third kappa shape index (κ3) is 4.81. The van der Waals surface area contributed by atoms with E-state index in [4.69, 9.17) is 4.74 Å². The summed E-state index contributed by atoms with van der Waals surface area (Å²) in [5, 5.41) is 12.1. The fraction of sp³-hybridized carbons (Fsp3) is 0.533. The number of rotatable bonds is 7. The van der Waals surface area contributed by atoms with E-state index in [1.807, 2.05) is 13.8 Å². The standard InChI is InChI=1S/C15H22FNO3/c1-4-12(5-2)17-15(19)9-20-14-7-6-11(10(3)18)8-13(14)16/h6-8,10,12,18H,4-5,9H2,1-3H3,(H,17,19)/t10-/m1/s1. The third-order valence-corrected chi connectivity index (χ3v) is 3.15. The van der Waals surface area contributed by atoms with Crippen molar-refractivity contribution in [3.8, 4) is 5.75 Å². The molecule has 0 aromatic heterocycles. The van der Waals surface area contributed by atoms with Gasteiger partial charge in [0.2, 0.25) is 0 Å². The number of aliphatic hydroxyl groups is 1. The van der Waals surface area contributed by atoms with Crippen LogP contribution in [0, 0.1) is 5.82 Å². The Morgan fingerprint density at radius 2 is 2.05 bits per heavy atom. The molecule has 0 aliphatic heterocycles. The third-order valence-electron chi connectivity index (χ3n) is 3.15. The summed E-state index contributed by atoms with van der Waals surface area (Å²) in [6.45, 7) is 5.31. The van der Waals surface area contributed by atoms with Crippen LogP contribution in [0.3, 0.4) is 0 Å². The quantitative estimate of drug-likeness (QED) is 0.808. The van der Waals surface area contributed by atoms with Gasteiger partial charge in [-0.05, 0) is 37.5 Å². The van der Waals surface area contributed by atoms with Crippen molar-refractivity contribution >= 4 is 5.91 Å². The number of carbonyl (C=O) groups is 1. The summed E-state index contributed by atoms with van der Waals surface area (Å²) in [5.41, 5.74) is 0.469. The van der Waals surface area contributed by atoms with E-state index in [-0.39, 0.29) is 24.3 Å². The smallest absolute Gasteiger partial charge is 0.258 e. The zero-order valence-corrected chi connectivity index (χ0v) is 12.1. The van der Waals surface area contributed by atoms with Gasteiger partial charge in [-0.25, -0.2) is 4.39 Å². The summed E-state index contributed by atoms with van der Waals surface area (Å²) < 4.78 is 18.8. The number of nitrogens with one attached hydrogen (secondary N) is 1. The minimum absolute atomic E-state index is 0.00842. The van der Waals surface area contributed by atoms with Crippen molar-refractivity contribution in [2.75, 3.05) is 6.61 Å². The highest BCUT2D eigenvalue weighted by Gasteiger charge is 2.12. The van der Waals surface area contributed by atoms with Crippen molar-refractivity contribution in [3.05, 3.63) is 29.6 Å². The molecule has 20 heavy (non-hydrogen) atoms. The van der Waals surface area contributed by atoms with Crippen LogP contribution in [-0.2, 0) is 4.79 Å². The van der Waals surface area contributed by atoms with Gasteiger partial charge in [0.05, 0.1) is 6.10 Å². The lowest BCUT2D eigenvalue weighted by Gasteiger charge is -2.15. The largest absolute Gasteiger partial charge is 0.481 e. The van der Waals surface area contributed by atoms with Crippen molar-refractivity contribution in [2.45, 2.75) is 45.8 Å². The van der Waals surface area contributed by atoms with Gasteiger partial charge in [0.1, 0.15) is 0 Å². The summed E-state index contributed by atoms with van der Waals surface area (Å²) in [4.78, 5) is 11.6. The summed E-state index contributed by atoms with van der Waals surface area (Å²) in [6.07, 6.45) is 0.955. The molecule has 0 fully saturated rings. The van der Waals surface area contributed by atoms with Crippen LogP contribution in [0.15, 0.2) is 18.2 Å². The SMILES string of the molecule is CCC(CC)NC(=O)COc1ccc([C@@H](C)O)cc1F. The number of amides is 1. The molecule has 4 nitrogen and oxygen atoms in total. The minimum atomic E-state index is -0.739. The molecular weight excluding hydrogens is 261 g/mol. The molecule has 0 aliphatic carbocycles. The molecule has 1 rings (SSSR count). The van der Waals surface area contributed by atoms with E-state index in [1.165, 1.54) is 12.1 Å². The summed E-state index contributed by atoms with van der Waals surface area (Å²) in [7, 11) is 0. The van der Waals surface area contributed by atoms with Crippen molar-refractivity contribution in [3.63, 3.8) is 0 Å². The topological polar surface area (TPSA) is 58.6 Å². The normalized spacial score (nSPS) is 12.3. The zero-order valence-electron chi connectivity index (χ0n) is 12.1. The number of hydrogen-bond donors (Lipinski definition) is 2. The predicted molar refractivity (Wildman–Crippen MR) is 75.0 cm³/mol. The second-order valence-electron chi connectivity index (χ2n) is 4.74. The molecule has 112 valence electrons. The first-order valence-corrected chi connectivity index (χ1v) is 6.87. The number of benzene rings is 1. The van der Waals surface area contributed by atoms with Gasteiger partial charge in [-0.3, -0.25) is 4.79 Å². The van der Waals surface area contributed by atoms with Crippen LogP contribution in [0.1, 0.15) is 45.3 Å². The predicted octanol–water partition coefficient (Wildman–Crippen LogP) is 2.56. The summed E-state index contributed by atoms with van der Waals surface area (Å²) in [5.74, 6) is -0.842. The molecule has 1 amide bonds. The van der Waals surface area contributed by atoms with E-state index < -0.39 is 11.9 Å². The van der Waals surface area contributed by atoms with Crippen molar-refractivity contribution < 1.29 is 19.0 Å². The van der Waals surface area contributed by atoms with Gasteiger partial charge in [0.25, 0.3) is 5.91 Å². The lowest BCUT2D eigenvalue weighted by molar-refractivity contribution is -0.123. The van der Waals surface area contributed by atoms with E-state index in [0.717, 1.165) is 12.8 Å². The zero-order chi connectivity index (χ0) is 15.1. The molecule has 2 N–H and O–H groups in total. The van der Waals surface area contributed by atoms with Crippen LogP contribution in [0.4, 0.5) is 4.39 Å². The first-order valence-electron chi connectivity index (χ1n) is 6.87. The average molecular weight is 283 g/mol. The van der Waals surface area contributed by atoms with Crippen LogP contribution in [0.5, 0.6) is 5.75 Å². The number of halogens is 1. The maximum Gasteiger partial charge on any atom is 0.258 e. The highest BCUT2D eigenvalue weighted by molar-refractivity contribution is 5.77. The molecule has 0 spiro atoms. The highest BCUT2D eigenvalue weighted by Crippen LogP contribution is 2.21. The van der Waals surface area contributed by atoms with Crippen molar-refractivity contribution in [1.29, 1.82) is 0 Å².